The van der Waals surface area contributed by atoms with Crippen LogP contribution in [0.25, 0.3) is 0 Å². The van der Waals surface area contributed by atoms with E-state index in [4.69, 9.17) is 11.6 Å². The molecule has 0 aromatic carbocycles. The van der Waals surface area contributed by atoms with Crippen molar-refractivity contribution in [3.8, 4) is 0 Å². The van der Waals surface area contributed by atoms with Gasteiger partial charge in [-0.1, -0.05) is 0 Å². The molecule has 1 heterocycles. The molecule has 0 bridgehead atoms. The molecule has 0 spiro atoms. The fraction of sp³-hybridized carbons (Fsp3) is 0. The maximum Gasteiger partial charge on any atom is 1.00 e. The Morgan fingerprint density at radius 2 is 1.67 bits per heavy atom. The molecule has 9 heavy (non-hydrogen) atoms. The second kappa shape index (κ2) is 6.23. The third-order valence-electron chi connectivity index (χ3n) is 0.385. The summed E-state index contributed by atoms with van der Waals surface area (Å²) < 4.78 is 0. The second-order valence-electron chi connectivity index (χ2n) is 0.804. The van der Waals surface area contributed by atoms with Gasteiger partial charge in [0.05, 0.1) is 0 Å². The first-order chi connectivity index (χ1) is 3.39. The molecule has 1 aromatic heterocycles. The van der Waals surface area contributed by atoms with E-state index in [1.165, 1.54) is 0 Å². The van der Waals surface area contributed by atoms with Crippen molar-refractivity contribution in [1.29, 1.82) is 0 Å². The standard InChI is InChI=1S/C3ClN3.Es.Rb/c4-3-6-1-5-2-7-3;;/q-2;;+1. The molecule has 47 valence electrons. The minimum absolute atomic E-state index is 0. The molecule has 1 radical (unpaired) electrons. The van der Waals surface area contributed by atoms with Crippen LogP contribution < -0.4 is 58.2 Å². The summed E-state index contributed by atoms with van der Waals surface area (Å²) in [5, 5.41) is 0.120. The Hall–Kier alpha value is 0.105. The molecule has 0 aliphatic rings. The van der Waals surface area contributed by atoms with E-state index in [2.05, 4.69) is 27.6 Å². The number of nitrogens with zero attached hydrogens (tertiary/aromatic N) is 3. The summed E-state index contributed by atoms with van der Waals surface area (Å²) in [5.74, 6) is 0. The molecule has 0 aliphatic carbocycles. The van der Waals surface area contributed by atoms with Crippen LogP contribution in [0.4, 0.5) is 0 Å². The average Bonchev–Trinajstić information content (AvgIpc) is 1.69. The first-order valence-corrected chi connectivity index (χ1v) is 1.91. The van der Waals surface area contributed by atoms with Gasteiger partial charge in [-0.25, -0.2) is 11.6 Å². The summed E-state index contributed by atoms with van der Waals surface area (Å²) in [6.07, 6.45) is 4.42. The summed E-state index contributed by atoms with van der Waals surface area (Å²) >= 11 is 5.21. The van der Waals surface area contributed by atoms with Crippen LogP contribution in [-0.2, 0) is 0 Å². The van der Waals surface area contributed by atoms with Gasteiger partial charge < -0.3 is 15.0 Å². The summed E-state index contributed by atoms with van der Waals surface area (Å²) in [4.78, 5) is 10.0. The van der Waals surface area contributed by atoms with E-state index in [0.29, 0.717) is 0 Å². The van der Waals surface area contributed by atoms with Crippen molar-refractivity contribution < 1.29 is 58.2 Å². The molecule has 0 amide bonds. The van der Waals surface area contributed by atoms with E-state index >= 15 is 0 Å². The van der Waals surface area contributed by atoms with E-state index in [0.717, 1.165) is 0 Å². The summed E-state index contributed by atoms with van der Waals surface area (Å²) in [5.41, 5.74) is 0. The maximum absolute atomic E-state index is 5.21. The zero-order chi connectivity index (χ0) is 5.11. The Kier molecular flexibility index (Phi) is 8.20. The molecular formula is C3ClEsN3Rb-. The van der Waals surface area contributed by atoms with Crippen LogP contribution in [-0.4, -0.2) is 15.0 Å². The van der Waals surface area contributed by atoms with Crippen molar-refractivity contribution in [3.63, 3.8) is 0 Å². The van der Waals surface area contributed by atoms with Gasteiger partial charge in [0.1, 0.15) is 0 Å². The van der Waals surface area contributed by atoms with Gasteiger partial charge >= 0.3 is 58.2 Å². The predicted octanol–water partition coefficient (Wildman–Crippen LogP) is -2.87. The van der Waals surface area contributed by atoms with Gasteiger partial charge in [-0.2, -0.15) is 12.7 Å². The molecule has 6 heteroatoms. The second-order valence-corrected chi connectivity index (χ2v) is 1.14. The van der Waals surface area contributed by atoms with Gasteiger partial charge in [0.25, 0.3) is 0 Å². The molecule has 0 saturated heterocycles. The van der Waals surface area contributed by atoms with Crippen LogP contribution in [0, 0.1) is 12.7 Å². The predicted molar refractivity (Wildman–Crippen MR) is 22.5 cm³/mol. The van der Waals surface area contributed by atoms with Crippen LogP contribution in [0.15, 0.2) is 0 Å². The van der Waals surface area contributed by atoms with Crippen LogP contribution in [0.2, 0.25) is 5.28 Å². The van der Waals surface area contributed by atoms with E-state index in [9.17, 15) is 0 Å². The third-order valence-corrected chi connectivity index (χ3v) is 0.554. The van der Waals surface area contributed by atoms with Crippen molar-refractivity contribution in [2.24, 2.45) is 0 Å². The van der Waals surface area contributed by atoms with Gasteiger partial charge in [0.2, 0.25) is 0 Å². The van der Waals surface area contributed by atoms with Crippen molar-refractivity contribution >= 4 is 11.6 Å². The molecule has 0 atom stereocenters. The van der Waals surface area contributed by atoms with Crippen LogP contribution >= 0.6 is 11.6 Å². The number of hydrogen-bond donors (Lipinski definition) is 0. The molecule has 0 N–H and O–H groups in total. The molecular weight excluding hydrogens is 451 g/mol. The topological polar surface area (TPSA) is 38.7 Å². The Balaban J connectivity index is 0. The number of rotatable bonds is 0. The molecule has 1 aromatic rings. The Labute approximate surface area is 101 Å². The fourth-order valence-corrected chi connectivity index (χ4v) is 0.255. The Bertz CT molecular complexity index is 149. The molecule has 0 fully saturated rings. The summed E-state index contributed by atoms with van der Waals surface area (Å²) in [7, 11) is 0. The van der Waals surface area contributed by atoms with Crippen molar-refractivity contribution in [3.05, 3.63) is 17.9 Å². The number of halogens is 1. The zero-order valence-electron chi connectivity index (χ0n) is 4.52. The first kappa shape index (κ1) is 11.8. The van der Waals surface area contributed by atoms with Gasteiger partial charge in [-0.15, -0.1) is 0 Å². The minimum Gasteiger partial charge on any atom is -0.505 e. The van der Waals surface area contributed by atoms with E-state index in [1.807, 2.05) is 0 Å². The smallest absolute Gasteiger partial charge is 0.505 e. The van der Waals surface area contributed by atoms with E-state index in [-0.39, 0.29) is 63.5 Å². The van der Waals surface area contributed by atoms with Gasteiger partial charge in [0, 0.05) is 0 Å². The van der Waals surface area contributed by atoms with E-state index < -0.39 is 0 Å². The molecule has 1 rings (SSSR count). The molecule has 3 nitrogen and oxygen atoms in total. The van der Waals surface area contributed by atoms with Crippen LogP contribution in [0.5, 0.6) is 0 Å². The fourth-order valence-electron chi connectivity index (χ4n) is 0.180. The van der Waals surface area contributed by atoms with Crippen molar-refractivity contribution in [2.45, 2.75) is 0 Å². The number of hydrogen-bond acceptors (Lipinski definition) is 3. The zero-order valence-corrected chi connectivity index (χ0v) is 12.7. The normalized spacial score (nSPS) is 6.78. The van der Waals surface area contributed by atoms with E-state index in [1.54, 1.807) is 0 Å². The van der Waals surface area contributed by atoms with Gasteiger partial charge in [-0.3, -0.25) is 0 Å². The summed E-state index contributed by atoms with van der Waals surface area (Å²) in [6, 6.07) is 0. The van der Waals surface area contributed by atoms with Crippen molar-refractivity contribution in [2.75, 3.05) is 0 Å². The average molecular weight is 451 g/mol. The Morgan fingerprint density at radius 3 is 1.89 bits per heavy atom. The largest absolute Gasteiger partial charge is 1.00 e. The molecule has 0 saturated carbocycles. The maximum atomic E-state index is 5.21. The Morgan fingerprint density at radius 1 is 1.22 bits per heavy atom. The van der Waals surface area contributed by atoms with Gasteiger partial charge in [-0.05, 0) is 5.28 Å². The van der Waals surface area contributed by atoms with Crippen LogP contribution in [0.3, 0.4) is 0 Å². The molecule has 0 unspecified atom stereocenters. The molecule has 0 aliphatic heterocycles. The third kappa shape index (κ3) is 4.60. The van der Waals surface area contributed by atoms with Crippen molar-refractivity contribution in [1.82, 2.24) is 15.0 Å². The van der Waals surface area contributed by atoms with Crippen LogP contribution in [0.1, 0.15) is 0 Å². The summed E-state index contributed by atoms with van der Waals surface area (Å²) in [6.45, 7) is 0. The first-order valence-electron chi connectivity index (χ1n) is 1.53. The van der Waals surface area contributed by atoms with Gasteiger partial charge in [0.15, 0.2) is 0 Å². The quantitative estimate of drug-likeness (QED) is 0.399. The minimum atomic E-state index is 0. The monoisotopic (exact) mass is 450 g/mol. The number of aromatic nitrogens is 3. The SMILES string of the molecule is Clc1n[c-]n[c-]n1.[Es].[Rb+].